The summed E-state index contributed by atoms with van der Waals surface area (Å²) in [5.41, 5.74) is 1.27. The third-order valence-corrected chi connectivity index (χ3v) is 8.38. The van der Waals surface area contributed by atoms with E-state index in [0.29, 0.717) is 0 Å². The summed E-state index contributed by atoms with van der Waals surface area (Å²) in [6, 6.07) is 8.30. The number of aromatic nitrogens is 2. The first-order chi connectivity index (χ1) is 11.2. The first-order valence-corrected chi connectivity index (χ1v) is 10.5. The lowest BCUT2D eigenvalue weighted by atomic mass is 10.1. The zero-order valence-corrected chi connectivity index (χ0v) is 15.8. The van der Waals surface area contributed by atoms with Gasteiger partial charge in [0.1, 0.15) is 0 Å². The van der Waals surface area contributed by atoms with Gasteiger partial charge in [-0.1, -0.05) is 36.7 Å². The molecular formula is C18H23ClN2S2. The van der Waals surface area contributed by atoms with Crippen LogP contribution in [0.2, 0.25) is 5.02 Å². The lowest BCUT2D eigenvalue weighted by Gasteiger charge is -2.40. The number of rotatable bonds is 6. The summed E-state index contributed by atoms with van der Waals surface area (Å²) in [5.74, 6) is 1.25. The van der Waals surface area contributed by atoms with Gasteiger partial charge >= 0.3 is 0 Å². The third-order valence-electron chi connectivity index (χ3n) is 4.37. The molecule has 2 heterocycles. The lowest BCUT2D eigenvalue weighted by molar-refractivity contribution is 0.586. The van der Waals surface area contributed by atoms with Crippen LogP contribution in [0.1, 0.15) is 31.7 Å². The van der Waals surface area contributed by atoms with Gasteiger partial charge in [-0.3, -0.25) is 0 Å². The second kappa shape index (κ2) is 8.00. The van der Waals surface area contributed by atoms with E-state index in [1.807, 2.05) is 24.7 Å². The van der Waals surface area contributed by atoms with Crippen molar-refractivity contribution in [2.75, 3.05) is 5.75 Å². The maximum atomic E-state index is 6.44. The van der Waals surface area contributed by atoms with Crippen molar-refractivity contribution in [1.82, 2.24) is 9.55 Å². The number of imidazole rings is 1. The Balaban J connectivity index is 1.79. The Morgan fingerprint density at radius 3 is 3.00 bits per heavy atom. The van der Waals surface area contributed by atoms with Crippen LogP contribution in [-0.4, -0.2) is 24.6 Å². The number of nitrogens with zero attached hydrogens (tertiary/aromatic N) is 2. The van der Waals surface area contributed by atoms with Gasteiger partial charge in [0.2, 0.25) is 0 Å². The highest BCUT2D eigenvalue weighted by Gasteiger charge is 2.37. The number of benzene rings is 1. The minimum Gasteiger partial charge on any atom is -0.337 e. The number of halogens is 1. The lowest BCUT2D eigenvalue weighted by Crippen LogP contribution is -2.33. The minimum atomic E-state index is 0.216. The summed E-state index contributed by atoms with van der Waals surface area (Å²) in [4.78, 5) is 4.17. The van der Waals surface area contributed by atoms with Crippen molar-refractivity contribution in [1.29, 1.82) is 0 Å². The van der Waals surface area contributed by atoms with E-state index in [-0.39, 0.29) is 4.08 Å². The molecule has 1 aliphatic heterocycles. The summed E-state index contributed by atoms with van der Waals surface area (Å²) < 4.78 is 2.40. The maximum Gasteiger partial charge on any atom is 0.0945 e. The highest BCUT2D eigenvalue weighted by atomic mass is 35.5. The molecule has 0 amide bonds. The highest BCUT2D eigenvalue weighted by Crippen LogP contribution is 2.51. The summed E-state index contributed by atoms with van der Waals surface area (Å²) in [5, 5.41) is 1.66. The summed E-state index contributed by atoms with van der Waals surface area (Å²) in [7, 11) is 0. The molecular weight excluding hydrogens is 344 g/mol. The molecule has 0 bridgehead atoms. The molecule has 5 heteroatoms. The fourth-order valence-corrected chi connectivity index (χ4v) is 7.03. The minimum absolute atomic E-state index is 0.216. The van der Waals surface area contributed by atoms with Gasteiger partial charge < -0.3 is 4.57 Å². The zero-order chi connectivity index (χ0) is 16.1. The largest absolute Gasteiger partial charge is 0.337 e. The van der Waals surface area contributed by atoms with Crippen LogP contribution in [0.25, 0.3) is 0 Å². The van der Waals surface area contributed by atoms with E-state index in [2.05, 4.69) is 58.3 Å². The van der Waals surface area contributed by atoms with Gasteiger partial charge in [0.25, 0.3) is 0 Å². The molecule has 1 aromatic heterocycles. The van der Waals surface area contributed by atoms with E-state index in [0.717, 1.165) is 29.7 Å². The molecule has 1 aromatic carbocycles. The smallest absolute Gasteiger partial charge is 0.0945 e. The molecule has 0 radical (unpaired) electrons. The molecule has 1 fully saturated rings. The van der Waals surface area contributed by atoms with Crippen LogP contribution in [0.4, 0.5) is 0 Å². The number of hydrogen-bond donors (Lipinski definition) is 0. The summed E-state index contributed by atoms with van der Waals surface area (Å²) >= 11 is 10.7. The van der Waals surface area contributed by atoms with Gasteiger partial charge in [-0.2, -0.15) is 0 Å². The Labute approximate surface area is 152 Å². The van der Waals surface area contributed by atoms with Crippen LogP contribution in [0.3, 0.4) is 0 Å². The van der Waals surface area contributed by atoms with E-state index in [1.54, 1.807) is 0 Å². The standard InChI is InChI=1S/C18H23ClN2S2/c1-2-16-7-12-22-18(23-16,8-10-21-11-9-20-14-21)13-15-5-3-4-6-17(15)19/h3-6,9,11,14,16H,2,7-8,10,12-13H2,1H3. The number of thioether (sulfide) groups is 2. The van der Waals surface area contributed by atoms with Crippen molar-refractivity contribution in [2.45, 2.75) is 48.5 Å². The van der Waals surface area contributed by atoms with Gasteiger partial charge in [-0.15, -0.1) is 23.5 Å². The monoisotopic (exact) mass is 366 g/mol. The average molecular weight is 367 g/mol. The van der Waals surface area contributed by atoms with Crippen LogP contribution in [0.15, 0.2) is 43.0 Å². The van der Waals surface area contributed by atoms with Crippen LogP contribution in [-0.2, 0) is 13.0 Å². The van der Waals surface area contributed by atoms with Gasteiger partial charge in [0.05, 0.1) is 10.4 Å². The van der Waals surface area contributed by atoms with E-state index in [9.17, 15) is 0 Å². The second-order valence-corrected chi connectivity index (χ2v) is 9.84. The third kappa shape index (κ3) is 4.49. The Morgan fingerprint density at radius 1 is 1.39 bits per heavy atom. The fourth-order valence-electron chi connectivity index (χ4n) is 3.02. The van der Waals surface area contributed by atoms with E-state index >= 15 is 0 Å². The van der Waals surface area contributed by atoms with Crippen molar-refractivity contribution < 1.29 is 0 Å². The topological polar surface area (TPSA) is 17.8 Å². The molecule has 2 nitrogen and oxygen atoms in total. The van der Waals surface area contributed by atoms with Crippen molar-refractivity contribution in [3.8, 4) is 0 Å². The Hall–Kier alpha value is -0.580. The first-order valence-electron chi connectivity index (χ1n) is 8.22. The Morgan fingerprint density at radius 2 is 2.26 bits per heavy atom. The molecule has 23 heavy (non-hydrogen) atoms. The number of aryl methyl sites for hydroxylation is 1. The van der Waals surface area contributed by atoms with Crippen molar-refractivity contribution >= 4 is 35.1 Å². The normalized spacial score (nSPS) is 24.7. The quantitative estimate of drug-likeness (QED) is 0.670. The molecule has 2 unspecified atom stereocenters. The molecule has 1 saturated heterocycles. The Kier molecular flexibility index (Phi) is 6.00. The van der Waals surface area contributed by atoms with E-state index < -0.39 is 0 Å². The van der Waals surface area contributed by atoms with E-state index in [1.165, 1.54) is 24.2 Å². The highest BCUT2D eigenvalue weighted by molar-refractivity contribution is 8.19. The van der Waals surface area contributed by atoms with Gasteiger partial charge in [-0.05, 0) is 43.1 Å². The van der Waals surface area contributed by atoms with Crippen molar-refractivity contribution in [3.05, 3.63) is 53.6 Å². The van der Waals surface area contributed by atoms with Crippen LogP contribution in [0, 0.1) is 0 Å². The molecule has 2 aromatic rings. The molecule has 124 valence electrons. The van der Waals surface area contributed by atoms with Gasteiger partial charge in [-0.25, -0.2) is 4.98 Å². The Bertz CT molecular complexity index is 617. The molecule has 1 aliphatic rings. The summed E-state index contributed by atoms with van der Waals surface area (Å²) in [6.07, 6.45) is 10.6. The van der Waals surface area contributed by atoms with Crippen LogP contribution >= 0.6 is 35.1 Å². The predicted octanol–water partition coefficient (Wildman–Crippen LogP) is 5.51. The maximum absolute atomic E-state index is 6.44. The van der Waals surface area contributed by atoms with Crippen LogP contribution < -0.4 is 0 Å². The molecule has 3 rings (SSSR count). The van der Waals surface area contributed by atoms with E-state index in [4.69, 9.17) is 11.6 Å². The molecule has 0 spiro atoms. The molecule has 0 N–H and O–H groups in total. The fraction of sp³-hybridized carbons (Fsp3) is 0.500. The molecule has 0 saturated carbocycles. The summed E-state index contributed by atoms with van der Waals surface area (Å²) in [6.45, 7) is 3.32. The molecule has 2 atom stereocenters. The SMILES string of the molecule is CCC1CCSC(CCn2ccnc2)(Cc2ccccc2Cl)S1. The second-order valence-electron chi connectivity index (χ2n) is 6.01. The first kappa shape index (κ1) is 17.2. The predicted molar refractivity (Wildman–Crippen MR) is 103 cm³/mol. The van der Waals surface area contributed by atoms with Gasteiger partial charge in [0.15, 0.2) is 0 Å². The molecule has 0 aliphatic carbocycles. The van der Waals surface area contributed by atoms with Gasteiger partial charge in [0, 0.05) is 29.2 Å². The van der Waals surface area contributed by atoms with Crippen molar-refractivity contribution in [3.63, 3.8) is 0 Å². The number of hydrogen-bond acceptors (Lipinski definition) is 3. The zero-order valence-electron chi connectivity index (χ0n) is 13.5. The average Bonchev–Trinajstić information content (AvgIpc) is 3.09. The van der Waals surface area contributed by atoms with Crippen LogP contribution in [0.5, 0.6) is 0 Å². The van der Waals surface area contributed by atoms with Crippen molar-refractivity contribution in [2.24, 2.45) is 0 Å².